The Balaban J connectivity index is 2.40. The van der Waals surface area contributed by atoms with E-state index in [1.54, 1.807) is 0 Å². The van der Waals surface area contributed by atoms with Crippen LogP contribution < -0.4 is 16.0 Å². The van der Waals surface area contributed by atoms with E-state index in [0.717, 1.165) is 24.2 Å². The van der Waals surface area contributed by atoms with E-state index in [9.17, 15) is 4.79 Å². The largest absolute Gasteiger partial charge is 0.378 e. The first-order valence-corrected chi connectivity index (χ1v) is 6.80. The Bertz CT molecular complexity index is 387. The van der Waals surface area contributed by atoms with Crippen LogP contribution in [0.4, 0.5) is 11.4 Å². The van der Waals surface area contributed by atoms with Crippen molar-refractivity contribution in [1.29, 1.82) is 0 Å². The van der Waals surface area contributed by atoms with Crippen LogP contribution >= 0.6 is 0 Å². The molecule has 1 aromatic carbocycles. The molecule has 0 saturated heterocycles. The van der Waals surface area contributed by atoms with Crippen LogP contribution in [0.5, 0.6) is 0 Å². The van der Waals surface area contributed by atoms with Gasteiger partial charge in [0.15, 0.2) is 0 Å². The van der Waals surface area contributed by atoms with Crippen molar-refractivity contribution in [3.8, 4) is 0 Å². The molecule has 3 N–H and O–H groups in total. The number of anilines is 2. The predicted octanol–water partition coefficient (Wildman–Crippen LogP) is 2.46. The van der Waals surface area contributed by atoms with Gasteiger partial charge in [0, 0.05) is 31.9 Å². The van der Waals surface area contributed by atoms with Crippen LogP contribution in [0.1, 0.15) is 26.2 Å². The number of nitrogens with zero attached hydrogens (tertiary/aromatic N) is 1. The van der Waals surface area contributed by atoms with E-state index < -0.39 is 0 Å². The lowest BCUT2D eigenvalue weighted by Crippen LogP contribution is -2.14. The third-order valence-corrected chi connectivity index (χ3v) is 3.19. The molecule has 0 saturated carbocycles. The van der Waals surface area contributed by atoms with Crippen LogP contribution in [0.2, 0.25) is 0 Å². The van der Waals surface area contributed by atoms with E-state index in [1.807, 2.05) is 43.3 Å². The Kier molecular flexibility index (Phi) is 6.36. The second-order valence-electron chi connectivity index (χ2n) is 5.21. The minimum atomic E-state index is 0.0708. The highest BCUT2D eigenvalue weighted by molar-refractivity contribution is 5.90. The van der Waals surface area contributed by atoms with Gasteiger partial charge in [0.05, 0.1) is 0 Å². The van der Waals surface area contributed by atoms with Gasteiger partial charge < -0.3 is 16.0 Å². The van der Waals surface area contributed by atoms with Crippen LogP contribution in [-0.4, -0.2) is 26.5 Å². The zero-order chi connectivity index (χ0) is 14.3. The molecule has 19 heavy (non-hydrogen) atoms. The Morgan fingerprint density at radius 1 is 1.26 bits per heavy atom. The third kappa shape index (κ3) is 5.75. The predicted molar refractivity (Wildman–Crippen MR) is 81.5 cm³/mol. The highest BCUT2D eigenvalue weighted by atomic mass is 16.1. The molecule has 1 atom stereocenters. The first-order valence-electron chi connectivity index (χ1n) is 6.80. The minimum absolute atomic E-state index is 0.0708. The number of nitrogens with two attached hydrogens (primary N) is 1. The highest BCUT2D eigenvalue weighted by Crippen LogP contribution is 2.16. The van der Waals surface area contributed by atoms with Crippen LogP contribution in [-0.2, 0) is 4.79 Å². The Morgan fingerprint density at radius 3 is 2.42 bits per heavy atom. The van der Waals surface area contributed by atoms with Crippen molar-refractivity contribution in [3.63, 3.8) is 0 Å². The molecule has 1 aromatic rings. The standard InChI is InChI=1S/C15H25N3O/c1-12(10-11-16)4-9-15(19)17-13-5-7-14(8-6-13)18(2)3/h5-8,12H,4,9-11,16H2,1-3H3,(H,17,19). The lowest BCUT2D eigenvalue weighted by atomic mass is 10.0. The first kappa shape index (κ1) is 15.5. The molecule has 0 aliphatic carbocycles. The van der Waals surface area contributed by atoms with Gasteiger partial charge in [0.25, 0.3) is 0 Å². The summed E-state index contributed by atoms with van der Waals surface area (Å²) in [6, 6.07) is 7.84. The average Bonchev–Trinajstić information content (AvgIpc) is 2.37. The van der Waals surface area contributed by atoms with Crippen molar-refractivity contribution in [2.45, 2.75) is 26.2 Å². The molecule has 1 rings (SSSR count). The number of nitrogens with one attached hydrogen (secondary N) is 1. The normalized spacial score (nSPS) is 12.0. The van der Waals surface area contributed by atoms with Crippen LogP contribution in [0, 0.1) is 5.92 Å². The van der Waals surface area contributed by atoms with Gasteiger partial charge in [-0.25, -0.2) is 0 Å². The number of benzene rings is 1. The second kappa shape index (κ2) is 7.79. The summed E-state index contributed by atoms with van der Waals surface area (Å²) < 4.78 is 0. The molecule has 0 fully saturated rings. The topological polar surface area (TPSA) is 58.4 Å². The third-order valence-electron chi connectivity index (χ3n) is 3.19. The molecule has 1 unspecified atom stereocenters. The summed E-state index contributed by atoms with van der Waals surface area (Å²) in [7, 11) is 3.98. The van der Waals surface area contributed by atoms with Gasteiger partial charge in [0.1, 0.15) is 0 Å². The van der Waals surface area contributed by atoms with E-state index in [0.29, 0.717) is 18.9 Å². The van der Waals surface area contributed by atoms with Crippen molar-refractivity contribution in [2.75, 3.05) is 30.9 Å². The number of rotatable bonds is 7. The number of hydrogen-bond donors (Lipinski definition) is 2. The lowest BCUT2D eigenvalue weighted by molar-refractivity contribution is -0.116. The van der Waals surface area contributed by atoms with Crippen molar-refractivity contribution in [3.05, 3.63) is 24.3 Å². The van der Waals surface area contributed by atoms with Gasteiger partial charge in [-0.15, -0.1) is 0 Å². The average molecular weight is 263 g/mol. The molecular weight excluding hydrogens is 238 g/mol. The molecule has 0 aromatic heterocycles. The maximum Gasteiger partial charge on any atom is 0.224 e. The monoisotopic (exact) mass is 263 g/mol. The number of amides is 1. The molecule has 4 heteroatoms. The van der Waals surface area contributed by atoms with Crippen molar-refractivity contribution < 1.29 is 4.79 Å². The highest BCUT2D eigenvalue weighted by Gasteiger charge is 2.06. The van der Waals surface area contributed by atoms with E-state index in [2.05, 4.69) is 12.2 Å². The Labute approximate surface area is 116 Å². The molecule has 1 amide bonds. The quantitative estimate of drug-likeness (QED) is 0.794. The zero-order valence-corrected chi connectivity index (χ0v) is 12.1. The van der Waals surface area contributed by atoms with Crippen LogP contribution in [0.3, 0.4) is 0 Å². The van der Waals surface area contributed by atoms with E-state index in [1.165, 1.54) is 0 Å². The zero-order valence-electron chi connectivity index (χ0n) is 12.1. The second-order valence-corrected chi connectivity index (χ2v) is 5.21. The SMILES string of the molecule is CC(CCN)CCC(=O)Nc1ccc(N(C)C)cc1. The van der Waals surface area contributed by atoms with Crippen LogP contribution in [0.15, 0.2) is 24.3 Å². The van der Waals surface area contributed by atoms with Gasteiger partial charge in [0.2, 0.25) is 5.91 Å². The molecule has 4 nitrogen and oxygen atoms in total. The maximum atomic E-state index is 11.8. The number of carbonyl (C=O) groups is 1. The molecular formula is C15H25N3O. The molecule has 0 heterocycles. The molecule has 0 radical (unpaired) electrons. The summed E-state index contributed by atoms with van der Waals surface area (Å²) in [5.41, 5.74) is 7.46. The summed E-state index contributed by atoms with van der Waals surface area (Å²) in [6.07, 6.45) is 2.42. The summed E-state index contributed by atoms with van der Waals surface area (Å²) in [6.45, 7) is 2.82. The van der Waals surface area contributed by atoms with E-state index in [4.69, 9.17) is 5.73 Å². The number of carbonyl (C=O) groups excluding carboxylic acids is 1. The van der Waals surface area contributed by atoms with Crippen molar-refractivity contribution >= 4 is 17.3 Å². The summed E-state index contributed by atoms with van der Waals surface area (Å²) in [5, 5.41) is 2.92. The van der Waals surface area contributed by atoms with Gasteiger partial charge in [-0.3, -0.25) is 4.79 Å². The Hall–Kier alpha value is -1.55. The molecule has 0 spiro atoms. The fourth-order valence-corrected chi connectivity index (χ4v) is 1.87. The number of hydrogen-bond acceptors (Lipinski definition) is 3. The van der Waals surface area contributed by atoms with Crippen molar-refractivity contribution in [2.24, 2.45) is 11.7 Å². The van der Waals surface area contributed by atoms with Gasteiger partial charge in [-0.2, -0.15) is 0 Å². The first-order chi connectivity index (χ1) is 9.02. The molecule has 106 valence electrons. The van der Waals surface area contributed by atoms with Gasteiger partial charge in [-0.1, -0.05) is 6.92 Å². The molecule has 0 bridgehead atoms. The minimum Gasteiger partial charge on any atom is -0.378 e. The lowest BCUT2D eigenvalue weighted by Gasteiger charge is -2.13. The van der Waals surface area contributed by atoms with Gasteiger partial charge in [-0.05, 0) is 49.6 Å². The fourth-order valence-electron chi connectivity index (χ4n) is 1.87. The van der Waals surface area contributed by atoms with Gasteiger partial charge >= 0.3 is 0 Å². The summed E-state index contributed by atoms with van der Waals surface area (Å²) in [5.74, 6) is 0.577. The smallest absolute Gasteiger partial charge is 0.224 e. The summed E-state index contributed by atoms with van der Waals surface area (Å²) >= 11 is 0. The van der Waals surface area contributed by atoms with E-state index in [-0.39, 0.29) is 5.91 Å². The molecule has 0 aliphatic rings. The fraction of sp³-hybridized carbons (Fsp3) is 0.533. The van der Waals surface area contributed by atoms with Crippen LogP contribution in [0.25, 0.3) is 0 Å². The summed E-state index contributed by atoms with van der Waals surface area (Å²) in [4.78, 5) is 13.8. The molecule has 0 aliphatic heterocycles. The van der Waals surface area contributed by atoms with Crippen molar-refractivity contribution in [1.82, 2.24) is 0 Å². The Morgan fingerprint density at radius 2 is 1.89 bits per heavy atom. The maximum absolute atomic E-state index is 11.8. The van der Waals surface area contributed by atoms with E-state index >= 15 is 0 Å².